The molecule has 0 spiro atoms. The molecule has 3 aromatic rings. The van der Waals surface area contributed by atoms with E-state index in [1.54, 1.807) is 18.3 Å². The minimum atomic E-state index is -0.705. The van der Waals surface area contributed by atoms with E-state index in [-0.39, 0.29) is 12.2 Å². The molecular weight excluding hydrogens is 456 g/mol. The van der Waals surface area contributed by atoms with Crippen LogP contribution in [0.4, 0.5) is 0 Å². The second kappa shape index (κ2) is 10.2. The van der Waals surface area contributed by atoms with Gasteiger partial charge in [0.1, 0.15) is 5.56 Å². The van der Waals surface area contributed by atoms with E-state index in [1.807, 2.05) is 42.5 Å². The monoisotopic (exact) mass is 486 g/mol. The third-order valence-corrected chi connectivity index (χ3v) is 7.48. The molecule has 0 radical (unpaired) electrons. The number of hydrogen-bond donors (Lipinski definition) is 2. The van der Waals surface area contributed by atoms with Gasteiger partial charge in [0.25, 0.3) is 11.5 Å². The first-order valence-corrected chi connectivity index (χ1v) is 12.4. The average Bonchev–Trinajstić information content (AvgIpc) is 2.92. The molecule has 2 aromatic heterocycles. The predicted octanol–water partition coefficient (Wildman–Crippen LogP) is 2.24. The van der Waals surface area contributed by atoms with Crippen molar-refractivity contribution in [1.29, 1.82) is 5.26 Å². The number of benzene rings is 1. The topological polar surface area (TPSA) is 107 Å². The molecule has 1 aromatic carbocycles. The van der Waals surface area contributed by atoms with E-state index in [0.717, 1.165) is 29.7 Å². The largest absolute Gasteiger partial charge is 0.391 e. The summed E-state index contributed by atoms with van der Waals surface area (Å²) in [7, 11) is 0. The van der Waals surface area contributed by atoms with E-state index in [2.05, 4.69) is 16.3 Å². The summed E-state index contributed by atoms with van der Waals surface area (Å²) in [5.41, 5.74) is 1.81. The number of aromatic nitrogens is 1. The Morgan fingerprint density at radius 2 is 1.92 bits per heavy atom. The quantitative estimate of drug-likeness (QED) is 0.573. The minimum Gasteiger partial charge on any atom is -0.391 e. The fourth-order valence-corrected chi connectivity index (χ4v) is 5.28. The van der Waals surface area contributed by atoms with Crippen LogP contribution in [0.1, 0.15) is 40.7 Å². The Hall–Kier alpha value is -3.51. The summed E-state index contributed by atoms with van der Waals surface area (Å²) in [5.74, 6) is -0.514. The van der Waals surface area contributed by atoms with Gasteiger partial charge in [0.15, 0.2) is 0 Å². The van der Waals surface area contributed by atoms with E-state index in [1.165, 1.54) is 4.40 Å². The highest BCUT2D eigenvalue weighted by atomic mass is 16.5. The second-order valence-electron chi connectivity index (χ2n) is 9.69. The molecule has 2 unspecified atom stereocenters. The van der Waals surface area contributed by atoms with Crippen LogP contribution in [0.15, 0.2) is 65.6 Å². The van der Waals surface area contributed by atoms with Gasteiger partial charge in [-0.25, -0.2) is 0 Å². The molecule has 2 N–H and O–H groups in total. The smallest absolute Gasteiger partial charge is 0.267 e. The summed E-state index contributed by atoms with van der Waals surface area (Å²) >= 11 is 0. The van der Waals surface area contributed by atoms with E-state index in [9.17, 15) is 20.0 Å². The van der Waals surface area contributed by atoms with Gasteiger partial charge in [-0.2, -0.15) is 5.26 Å². The van der Waals surface area contributed by atoms with E-state index in [4.69, 9.17) is 4.74 Å². The molecule has 36 heavy (non-hydrogen) atoms. The highest BCUT2D eigenvalue weighted by molar-refractivity contribution is 5.94. The van der Waals surface area contributed by atoms with Gasteiger partial charge in [-0.15, -0.1) is 0 Å². The number of aliphatic hydroxyl groups excluding tert-OH is 1. The summed E-state index contributed by atoms with van der Waals surface area (Å²) in [6.07, 6.45) is 2.83. The SMILES string of the molecule is N#CC1(c2ccccc2)CCN(Cc2cc(C(=O)NC3COCCC3O)c(=O)n3ccccc23)CC1. The van der Waals surface area contributed by atoms with Gasteiger partial charge in [-0.3, -0.25) is 18.9 Å². The Morgan fingerprint density at radius 1 is 1.17 bits per heavy atom. The number of ether oxygens (including phenoxy) is 1. The van der Waals surface area contributed by atoms with Gasteiger partial charge in [0.05, 0.1) is 35.8 Å². The first-order valence-electron chi connectivity index (χ1n) is 12.4. The van der Waals surface area contributed by atoms with Gasteiger partial charge in [0, 0.05) is 32.4 Å². The highest BCUT2D eigenvalue weighted by Gasteiger charge is 2.36. The zero-order valence-electron chi connectivity index (χ0n) is 20.1. The first-order chi connectivity index (χ1) is 17.5. The summed E-state index contributed by atoms with van der Waals surface area (Å²) in [5, 5.41) is 23.0. The standard InChI is InChI=1S/C28H30N4O4/c29-19-28(21-6-2-1-3-7-21)10-13-31(14-11-28)17-20-16-22(27(35)32-12-5-4-8-24(20)32)26(34)30-23-18-36-15-9-25(23)33/h1-8,12,16,23,25,33H,9-11,13-15,17-18H2,(H,30,34). The van der Waals surface area contributed by atoms with Gasteiger partial charge in [-0.05, 0) is 48.6 Å². The number of nitrogens with one attached hydrogen (secondary N) is 1. The third kappa shape index (κ3) is 4.65. The molecule has 2 saturated heterocycles. The van der Waals surface area contributed by atoms with Crippen LogP contribution in [0, 0.1) is 11.3 Å². The Kier molecular flexibility index (Phi) is 6.88. The van der Waals surface area contributed by atoms with Crippen LogP contribution in [0.2, 0.25) is 0 Å². The van der Waals surface area contributed by atoms with E-state index >= 15 is 0 Å². The molecule has 0 bridgehead atoms. The number of nitrogens with zero attached hydrogens (tertiary/aromatic N) is 3. The number of carbonyl (C=O) groups excluding carboxylic acids is 1. The molecule has 5 rings (SSSR count). The number of pyridine rings is 2. The van der Waals surface area contributed by atoms with Crippen LogP contribution in [0.25, 0.3) is 5.52 Å². The zero-order valence-corrected chi connectivity index (χ0v) is 20.1. The molecule has 186 valence electrons. The molecule has 2 aliphatic rings. The molecule has 2 fully saturated rings. The van der Waals surface area contributed by atoms with Gasteiger partial charge < -0.3 is 15.2 Å². The van der Waals surface area contributed by atoms with Crippen LogP contribution >= 0.6 is 0 Å². The molecule has 1 amide bonds. The Bertz CT molecular complexity index is 1340. The Morgan fingerprint density at radius 3 is 2.64 bits per heavy atom. The van der Waals surface area contributed by atoms with Crippen molar-refractivity contribution < 1.29 is 14.6 Å². The van der Waals surface area contributed by atoms with Crippen LogP contribution in [-0.2, 0) is 16.7 Å². The molecule has 0 saturated carbocycles. The number of amides is 1. The van der Waals surface area contributed by atoms with Crippen LogP contribution < -0.4 is 10.9 Å². The van der Waals surface area contributed by atoms with Gasteiger partial charge in [0.2, 0.25) is 0 Å². The van der Waals surface area contributed by atoms with Crippen molar-refractivity contribution in [2.75, 3.05) is 26.3 Å². The van der Waals surface area contributed by atoms with E-state index < -0.39 is 29.0 Å². The van der Waals surface area contributed by atoms with Gasteiger partial charge in [-0.1, -0.05) is 36.4 Å². The Balaban J connectivity index is 1.39. The lowest BCUT2D eigenvalue weighted by atomic mass is 9.74. The highest BCUT2D eigenvalue weighted by Crippen LogP contribution is 2.35. The number of likely N-dealkylation sites (tertiary alicyclic amines) is 1. The zero-order chi connectivity index (χ0) is 25.1. The Labute approximate surface area is 209 Å². The molecular formula is C28H30N4O4. The maximum atomic E-state index is 13.2. The van der Waals surface area contributed by atoms with Crippen molar-refractivity contribution in [3.8, 4) is 6.07 Å². The fourth-order valence-electron chi connectivity index (χ4n) is 5.28. The number of carbonyl (C=O) groups is 1. The number of piperidine rings is 1. The lowest BCUT2D eigenvalue weighted by molar-refractivity contribution is -0.0140. The van der Waals surface area contributed by atoms with Crippen LogP contribution in [0.5, 0.6) is 0 Å². The summed E-state index contributed by atoms with van der Waals surface area (Å²) < 4.78 is 6.89. The lowest BCUT2D eigenvalue weighted by Crippen LogP contribution is -2.50. The summed E-state index contributed by atoms with van der Waals surface area (Å²) in [6, 6.07) is 19.2. The number of hydrogen-bond acceptors (Lipinski definition) is 6. The van der Waals surface area contributed by atoms with E-state index in [0.29, 0.717) is 32.4 Å². The number of rotatable bonds is 5. The fraction of sp³-hybridized carbons (Fsp3) is 0.393. The minimum absolute atomic E-state index is 0.0409. The molecule has 0 aliphatic carbocycles. The van der Waals surface area contributed by atoms with Crippen molar-refractivity contribution in [1.82, 2.24) is 14.6 Å². The second-order valence-corrected chi connectivity index (χ2v) is 9.69. The molecule has 4 heterocycles. The van der Waals surface area contributed by atoms with Crippen molar-refractivity contribution in [3.05, 3.63) is 87.8 Å². The average molecular weight is 487 g/mol. The van der Waals surface area contributed by atoms with Crippen LogP contribution in [-0.4, -0.2) is 58.8 Å². The molecule has 2 aliphatic heterocycles. The van der Waals surface area contributed by atoms with Crippen molar-refractivity contribution >= 4 is 11.4 Å². The predicted molar refractivity (Wildman–Crippen MR) is 135 cm³/mol. The lowest BCUT2D eigenvalue weighted by Gasteiger charge is -2.37. The maximum absolute atomic E-state index is 13.2. The summed E-state index contributed by atoms with van der Waals surface area (Å²) in [4.78, 5) is 28.6. The van der Waals surface area contributed by atoms with Crippen molar-refractivity contribution in [2.24, 2.45) is 0 Å². The van der Waals surface area contributed by atoms with Gasteiger partial charge >= 0.3 is 0 Å². The third-order valence-electron chi connectivity index (χ3n) is 7.48. The van der Waals surface area contributed by atoms with Crippen molar-refractivity contribution in [2.45, 2.75) is 43.4 Å². The first kappa shape index (κ1) is 24.2. The number of fused-ring (bicyclic) bond motifs is 1. The summed E-state index contributed by atoms with van der Waals surface area (Å²) in [6.45, 7) is 2.68. The number of aliphatic hydroxyl groups is 1. The van der Waals surface area contributed by atoms with Crippen molar-refractivity contribution in [3.63, 3.8) is 0 Å². The molecule has 8 heteroatoms. The molecule has 2 atom stereocenters. The molecule has 8 nitrogen and oxygen atoms in total. The maximum Gasteiger partial charge on any atom is 0.267 e. The normalized spacial score (nSPS) is 22.1. The number of nitriles is 1. The van der Waals surface area contributed by atoms with Crippen LogP contribution in [0.3, 0.4) is 0 Å².